The van der Waals surface area contributed by atoms with E-state index in [1.165, 1.54) is 0 Å². The van der Waals surface area contributed by atoms with E-state index < -0.39 is 9.84 Å². The third-order valence-electron chi connectivity index (χ3n) is 4.82. The van der Waals surface area contributed by atoms with Crippen LogP contribution in [0.5, 0.6) is 0 Å². The summed E-state index contributed by atoms with van der Waals surface area (Å²) >= 11 is 0. The lowest BCUT2D eigenvalue weighted by atomic mass is 10.0. The van der Waals surface area contributed by atoms with E-state index >= 15 is 0 Å². The van der Waals surface area contributed by atoms with Crippen molar-refractivity contribution in [2.45, 2.75) is 37.9 Å². The number of anilines is 1. The summed E-state index contributed by atoms with van der Waals surface area (Å²) < 4.78 is 25.9. The highest BCUT2D eigenvalue weighted by Gasteiger charge is 2.21. The second-order valence-electron chi connectivity index (χ2n) is 7.38. The van der Waals surface area contributed by atoms with Crippen LogP contribution in [0.1, 0.15) is 43.9 Å². The Hall–Kier alpha value is -3.07. The Kier molecular flexibility index (Phi) is 4.70. The van der Waals surface area contributed by atoms with Crippen molar-refractivity contribution in [2.24, 2.45) is 0 Å². The number of pyridine rings is 1. The highest BCUT2D eigenvalue weighted by molar-refractivity contribution is 7.90. The van der Waals surface area contributed by atoms with Gasteiger partial charge in [-0.15, -0.1) is 0 Å². The zero-order valence-electron chi connectivity index (χ0n) is 16.7. The van der Waals surface area contributed by atoms with Gasteiger partial charge in [-0.05, 0) is 30.5 Å². The molecule has 0 amide bonds. The normalized spacial score (nSPS) is 13.3. The molecule has 0 spiro atoms. The van der Waals surface area contributed by atoms with Gasteiger partial charge in [-0.25, -0.2) is 8.42 Å². The van der Waals surface area contributed by atoms with Crippen LogP contribution in [0.25, 0.3) is 16.6 Å². The van der Waals surface area contributed by atoms with Crippen LogP contribution in [0.3, 0.4) is 0 Å². The maximum absolute atomic E-state index is 12.2. The smallest absolute Gasteiger partial charge is 0.252 e. The van der Waals surface area contributed by atoms with Crippen molar-refractivity contribution in [3.8, 4) is 0 Å². The molecule has 0 saturated carbocycles. The van der Waals surface area contributed by atoms with Crippen molar-refractivity contribution >= 4 is 32.3 Å². The first-order valence-electron chi connectivity index (χ1n) is 9.31. The summed E-state index contributed by atoms with van der Waals surface area (Å²) in [7, 11) is -3.59. The monoisotopic (exact) mass is 410 g/mol. The van der Waals surface area contributed by atoms with Gasteiger partial charge >= 0.3 is 0 Å². The van der Waals surface area contributed by atoms with Gasteiger partial charge in [0.05, 0.1) is 17.8 Å². The number of hydrogen-bond donors (Lipinski definition) is 1. The summed E-state index contributed by atoms with van der Waals surface area (Å²) in [4.78, 5) is 12.9. The van der Waals surface area contributed by atoms with E-state index in [1.54, 1.807) is 16.9 Å². The first kappa shape index (κ1) is 19.3. The Balaban J connectivity index is 1.85. The predicted molar refractivity (Wildman–Crippen MR) is 112 cm³/mol. The fourth-order valence-corrected chi connectivity index (χ4v) is 3.82. The number of aromatic nitrogens is 5. The summed E-state index contributed by atoms with van der Waals surface area (Å²) in [5, 5.41) is 8.51. The molecule has 1 unspecified atom stereocenters. The molecule has 0 aliphatic carbocycles. The molecule has 4 rings (SSSR count). The number of nitrogens with one attached hydrogen (secondary N) is 1. The fraction of sp³-hybridized carbons (Fsp3) is 0.300. The molecular weight excluding hydrogens is 388 g/mol. The maximum Gasteiger partial charge on any atom is 0.252 e. The molecule has 3 aromatic heterocycles. The minimum absolute atomic E-state index is 0.143. The first-order valence-corrected chi connectivity index (χ1v) is 11.2. The van der Waals surface area contributed by atoms with Crippen LogP contribution < -0.4 is 5.32 Å². The van der Waals surface area contributed by atoms with E-state index in [0.717, 1.165) is 28.3 Å². The average Bonchev–Trinajstić information content (AvgIpc) is 3.11. The van der Waals surface area contributed by atoms with Crippen molar-refractivity contribution in [3.63, 3.8) is 0 Å². The number of fused-ring (bicyclic) bond motifs is 2. The van der Waals surface area contributed by atoms with Gasteiger partial charge < -0.3 is 5.32 Å². The summed E-state index contributed by atoms with van der Waals surface area (Å²) in [6, 6.07) is 9.66. The first-order chi connectivity index (χ1) is 13.8. The largest absolute Gasteiger partial charge is 0.348 e. The molecule has 150 valence electrons. The number of sulfone groups is 1. The molecule has 29 heavy (non-hydrogen) atoms. The van der Waals surface area contributed by atoms with Gasteiger partial charge in [-0.3, -0.25) is 4.98 Å². The van der Waals surface area contributed by atoms with Gasteiger partial charge in [-0.2, -0.15) is 19.6 Å². The molecule has 3 heterocycles. The van der Waals surface area contributed by atoms with E-state index in [4.69, 9.17) is 0 Å². The summed E-state index contributed by atoms with van der Waals surface area (Å²) in [5.74, 6) is 0.472. The van der Waals surface area contributed by atoms with Crippen molar-refractivity contribution in [3.05, 3.63) is 53.9 Å². The van der Waals surface area contributed by atoms with Crippen molar-refractivity contribution in [1.82, 2.24) is 24.6 Å². The van der Waals surface area contributed by atoms with Gasteiger partial charge in [0.2, 0.25) is 15.8 Å². The summed E-state index contributed by atoms with van der Waals surface area (Å²) in [6.45, 7) is 6.01. The Morgan fingerprint density at radius 2 is 1.83 bits per heavy atom. The molecule has 1 N–H and O–H groups in total. The molecular formula is C20H22N6O2S. The van der Waals surface area contributed by atoms with E-state index in [2.05, 4.69) is 25.4 Å². The van der Waals surface area contributed by atoms with Crippen LogP contribution in [0.15, 0.2) is 47.9 Å². The van der Waals surface area contributed by atoms with E-state index in [9.17, 15) is 8.42 Å². The van der Waals surface area contributed by atoms with Crippen LogP contribution in [0, 0.1) is 0 Å². The maximum atomic E-state index is 12.2. The van der Waals surface area contributed by atoms with Gasteiger partial charge in [0.15, 0.2) is 5.65 Å². The van der Waals surface area contributed by atoms with Crippen molar-refractivity contribution in [2.75, 3.05) is 11.6 Å². The highest BCUT2D eigenvalue weighted by atomic mass is 32.2. The minimum Gasteiger partial charge on any atom is -0.348 e. The molecule has 4 aromatic rings. The number of nitrogens with zero attached hydrogens (tertiary/aromatic N) is 5. The molecule has 8 nitrogen and oxygen atoms in total. The van der Waals surface area contributed by atoms with Crippen LogP contribution in [0.4, 0.5) is 5.95 Å². The van der Waals surface area contributed by atoms with Crippen LogP contribution in [0.2, 0.25) is 0 Å². The molecule has 0 bridgehead atoms. The number of rotatable bonds is 5. The van der Waals surface area contributed by atoms with Gasteiger partial charge in [0.1, 0.15) is 0 Å². The Labute approximate surface area is 169 Å². The van der Waals surface area contributed by atoms with Gasteiger partial charge in [0, 0.05) is 23.4 Å². The van der Waals surface area contributed by atoms with E-state index in [0.29, 0.717) is 11.6 Å². The minimum atomic E-state index is -3.59. The Morgan fingerprint density at radius 1 is 1.03 bits per heavy atom. The van der Waals surface area contributed by atoms with Crippen molar-refractivity contribution in [1.29, 1.82) is 0 Å². The van der Waals surface area contributed by atoms with Crippen molar-refractivity contribution < 1.29 is 8.42 Å². The predicted octanol–water partition coefficient (Wildman–Crippen LogP) is 3.37. The standard InChI is InChI=1S/C20H22N6O2S/c1-12(2)16-11-22-26-18(16)24-20(29(4,27)28)25-19(26)23-13(3)14-7-5-9-17-15(14)8-6-10-21-17/h5-13H,1-4H3,(H,23,24,25). The SMILES string of the molecule is CC(C)c1cnn2c(NC(C)c3cccc4ncccc34)nc(S(C)(=O)=O)nc12. The molecule has 0 aliphatic heterocycles. The molecule has 0 saturated heterocycles. The molecule has 0 fully saturated rings. The highest BCUT2D eigenvalue weighted by Crippen LogP contribution is 2.27. The summed E-state index contributed by atoms with van der Waals surface area (Å²) in [5.41, 5.74) is 3.27. The van der Waals surface area contributed by atoms with Gasteiger partial charge in [0.25, 0.3) is 5.16 Å². The summed E-state index contributed by atoms with van der Waals surface area (Å²) in [6.07, 6.45) is 4.57. The van der Waals surface area contributed by atoms with Crippen LogP contribution >= 0.6 is 0 Å². The Bertz CT molecular complexity index is 1310. The van der Waals surface area contributed by atoms with E-state index in [-0.39, 0.29) is 17.1 Å². The molecule has 1 aromatic carbocycles. The lowest BCUT2D eigenvalue weighted by Gasteiger charge is -2.18. The zero-order valence-corrected chi connectivity index (χ0v) is 17.5. The molecule has 9 heteroatoms. The van der Waals surface area contributed by atoms with E-state index in [1.807, 2.05) is 51.1 Å². The lowest BCUT2D eigenvalue weighted by molar-refractivity contribution is 0.591. The zero-order chi connectivity index (χ0) is 20.8. The molecule has 0 radical (unpaired) electrons. The number of hydrogen-bond acceptors (Lipinski definition) is 7. The third-order valence-corrected chi connectivity index (χ3v) is 5.67. The Morgan fingerprint density at radius 3 is 2.55 bits per heavy atom. The second-order valence-corrected chi connectivity index (χ2v) is 9.28. The molecule has 0 aliphatic rings. The topological polar surface area (TPSA) is 102 Å². The van der Waals surface area contributed by atoms with Crippen LogP contribution in [-0.2, 0) is 9.84 Å². The number of benzene rings is 1. The average molecular weight is 411 g/mol. The molecule has 1 atom stereocenters. The quantitative estimate of drug-likeness (QED) is 0.538. The van der Waals surface area contributed by atoms with Gasteiger partial charge in [-0.1, -0.05) is 32.0 Å². The van der Waals surface area contributed by atoms with Crippen LogP contribution in [-0.4, -0.2) is 39.2 Å². The lowest BCUT2D eigenvalue weighted by Crippen LogP contribution is -2.16. The second kappa shape index (κ2) is 7.07. The fourth-order valence-electron chi connectivity index (χ4n) is 3.32. The third kappa shape index (κ3) is 3.53.